The molecule has 1 aromatic heterocycles. The van der Waals surface area contributed by atoms with E-state index in [0.29, 0.717) is 5.92 Å². The molecule has 0 aromatic carbocycles. The number of nitrogens with one attached hydrogen (secondary N) is 1. The molecule has 0 amide bonds. The van der Waals surface area contributed by atoms with Gasteiger partial charge < -0.3 is 5.32 Å². The fourth-order valence-electron chi connectivity index (χ4n) is 1.21. The molecule has 0 radical (unpaired) electrons. The maximum absolute atomic E-state index is 3.47. The summed E-state index contributed by atoms with van der Waals surface area (Å²) in [6.07, 6.45) is 2.27. The second-order valence-corrected chi connectivity index (χ2v) is 6.04. The van der Waals surface area contributed by atoms with Gasteiger partial charge in [-0.2, -0.15) is 0 Å². The molecule has 0 saturated carbocycles. The fraction of sp³-hybridized carbons (Fsp3) is 0.455. The molecule has 1 aromatic rings. The third kappa shape index (κ3) is 3.56. The first-order chi connectivity index (χ1) is 6.63. The van der Waals surface area contributed by atoms with E-state index in [1.54, 1.807) is 11.3 Å². The first kappa shape index (κ1) is 12.0. The average molecular weight is 274 g/mol. The monoisotopic (exact) mass is 273 g/mol. The Balaban J connectivity index is 2.81. The molecule has 0 unspecified atom stereocenters. The van der Waals surface area contributed by atoms with Crippen molar-refractivity contribution in [2.75, 3.05) is 13.6 Å². The summed E-state index contributed by atoms with van der Waals surface area (Å²) in [4.78, 5) is 1.32. The standard InChI is InChI=1S/C11H16BrNS/c1-8(2)9(7-13-3)6-10-4-5-11(12)14-10/h4-6,8,13H,7H2,1-3H3. The summed E-state index contributed by atoms with van der Waals surface area (Å²) in [6, 6.07) is 4.24. The summed E-state index contributed by atoms with van der Waals surface area (Å²) < 4.78 is 1.19. The van der Waals surface area contributed by atoms with Gasteiger partial charge in [0, 0.05) is 11.4 Å². The van der Waals surface area contributed by atoms with Gasteiger partial charge in [-0.25, -0.2) is 0 Å². The van der Waals surface area contributed by atoms with Crippen molar-refractivity contribution < 1.29 is 0 Å². The summed E-state index contributed by atoms with van der Waals surface area (Å²) in [5.41, 5.74) is 1.45. The number of hydrogen-bond acceptors (Lipinski definition) is 2. The Labute approximate surface area is 98.4 Å². The van der Waals surface area contributed by atoms with Gasteiger partial charge in [-0.05, 0) is 47.1 Å². The predicted molar refractivity (Wildman–Crippen MR) is 68.8 cm³/mol. The van der Waals surface area contributed by atoms with Crippen molar-refractivity contribution in [2.45, 2.75) is 13.8 Å². The van der Waals surface area contributed by atoms with Gasteiger partial charge in [0.25, 0.3) is 0 Å². The van der Waals surface area contributed by atoms with Gasteiger partial charge in [-0.1, -0.05) is 19.4 Å². The van der Waals surface area contributed by atoms with Gasteiger partial charge in [-0.15, -0.1) is 11.3 Å². The van der Waals surface area contributed by atoms with Crippen LogP contribution < -0.4 is 5.32 Å². The number of halogens is 1. The lowest BCUT2D eigenvalue weighted by molar-refractivity contribution is 0.713. The van der Waals surface area contributed by atoms with E-state index in [1.165, 1.54) is 14.2 Å². The third-order valence-electron chi connectivity index (χ3n) is 2.04. The number of hydrogen-bond donors (Lipinski definition) is 1. The molecule has 1 N–H and O–H groups in total. The van der Waals surface area contributed by atoms with Crippen molar-refractivity contribution in [1.82, 2.24) is 5.32 Å². The van der Waals surface area contributed by atoms with Crippen molar-refractivity contribution >= 4 is 33.3 Å². The molecule has 78 valence electrons. The van der Waals surface area contributed by atoms with Crippen LogP contribution in [0.4, 0.5) is 0 Å². The van der Waals surface area contributed by atoms with Crippen LogP contribution in [0.25, 0.3) is 6.08 Å². The first-order valence-corrected chi connectivity index (χ1v) is 6.35. The topological polar surface area (TPSA) is 12.0 Å². The van der Waals surface area contributed by atoms with E-state index in [4.69, 9.17) is 0 Å². The molecule has 1 rings (SSSR count). The van der Waals surface area contributed by atoms with Crippen LogP contribution >= 0.6 is 27.3 Å². The van der Waals surface area contributed by atoms with E-state index < -0.39 is 0 Å². The van der Waals surface area contributed by atoms with Crippen molar-refractivity contribution in [3.05, 3.63) is 26.4 Å². The summed E-state index contributed by atoms with van der Waals surface area (Å²) in [5, 5.41) is 3.20. The molecule has 0 saturated heterocycles. The Morgan fingerprint density at radius 1 is 1.57 bits per heavy atom. The molecule has 0 bridgehead atoms. The highest BCUT2D eigenvalue weighted by molar-refractivity contribution is 9.11. The van der Waals surface area contributed by atoms with E-state index in [0.717, 1.165) is 6.54 Å². The van der Waals surface area contributed by atoms with Crippen molar-refractivity contribution in [2.24, 2.45) is 5.92 Å². The van der Waals surface area contributed by atoms with Crippen LogP contribution in [0.5, 0.6) is 0 Å². The highest BCUT2D eigenvalue weighted by Gasteiger charge is 2.03. The zero-order valence-electron chi connectivity index (χ0n) is 8.80. The van der Waals surface area contributed by atoms with E-state index in [1.807, 2.05) is 7.05 Å². The van der Waals surface area contributed by atoms with Crippen LogP contribution in [0.2, 0.25) is 0 Å². The van der Waals surface area contributed by atoms with Gasteiger partial charge >= 0.3 is 0 Å². The van der Waals surface area contributed by atoms with E-state index >= 15 is 0 Å². The minimum absolute atomic E-state index is 0.600. The highest BCUT2D eigenvalue weighted by Crippen LogP contribution is 2.25. The molecular weight excluding hydrogens is 258 g/mol. The quantitative estimate of drug-likeness (QED) is 0.881. The molecule has 0 atom stereocenters. The molecule has 14 heavy (non-hydrogen) atoms. The van der Waals surface area contributed by atoms with Crippen molar-refractivity contribution in [3.63, 3.8) is 0 Å². The smallest absolute Gasteiger partial charge is 0.0704 e. The Morgan fingerprint density at radius 2 is 2.29 bits per heavy atom. The Morgan fingerprint density at radius 3 is 2.71 bits per heavy atom. The molecule has 0 spiro atoms. The number of likely N-dealkylation sites (N-methyl/N-ethyl adjacent to an activating group) is 1. The lowest BCUT2D eigenvalue weighted by atomic mass is 10.0. The SMILES string of the molecule is CNCC(=Cc1ccc(Br)s1)C(C)C. The normalized spacial score (nSPS) is 12.5. The molecule has 3 heteroatoms. The van der Waals surface area contributed by atoms with Gasteiger partial charge in [0.2, 0.25) is 0 Å². The zero-order chi connectivity index (χ0) is 10.6. The predicted octanol–water partition coefficient (Wildman–Crippen LogP) is 3.77. The summed E-state index contributed by atoms with van der Waals surface area (Å²) in [6.45, 7) is 5.42. The van der Waals surface area contributed by atoms with Crippen molar-refractivity contribution in [1.29, 1.82) is 0 Å². The summed E-state index contributed by atoms with van der Waals surface area (Å²) in [5.74, 6) is 0.600. The van der Waals surface area contributed by atoms with Gasteiger partial charge in [0.05, 0.1) is 3.79 Å². The van der Waals surface area contributed by atoms with Crippen LogP contribution in [-0.4, -0.2) is 13.6 Å². The molecule has 0 aliphatic rings. The largest absolute Gasteiger partial charge is 0.316 e. The van der Waals surface area contributed by atoms with E-state index in [2.05, 4.69) is 53.3 Å². The Kier molecular flexibility index (Phi) is 4.85. The van der Waals surface area contributed by atoms with Crippen LogP contribution in [0, 0.1) is 5.92 Å². The zero-order valence-corrected chi connectivity index (χ0v) is 11.2. The molecule has 0 fully saturated rings. The van der Waals surface area contributed by atoms with E-state index in [9.17, 15) is 0 Å². The van der Waals surface area contributed by atoms with E-state index in [-0.39, 0.29) is 0 Å². The molecule has 1 heterocycles. The number of rotatable bonds is 4. The van der Waals surface area contributed by atoms with Crippen LogP contribution in [-0.2, 0) is 0 Å². The lowest BCUT2D eigenvalue weighted by Gasteiger charge is -2.09. The molecule has 0 aliphatic heterocycles. The molecule has 0 aliphatic carbocycles. The van der Waals surface area contributed by atoms with Gasteiger partial charge in [-0.3, -0.25) is 0 Å². The second-order valence-electron chi connectivity index (χ2n) is 3.55. The Hall–Kier alpha value is -0.120. The third-order valence-corrected chi connectivity index (χ3v) is 3.61. The molecule has 1 nitrogen and oxygen atoms in total. The summed E-state index contributed by atoms with van der Waals surface area (Å²) >= 11 is 5.24. The lowest BCUT2D eigenvalue weighted by Crippen LogP contribution is -2.13. The average Bonchev–Trinajstić information content (AvgIpc) is 2.50. The summed E-state index contributed by atoms with van der Waals surface area (Å²) in [7, 11) is 1.99. The number of thiophene rings is 1. The van der Waals surface area contributed by atoms with Gasteiger partial charge in [0.15, 0.2) is 0 Å². The van der Waals surface area contributed by atoms with Crippen LogP contribution in [0.15, 0.2) is 21.5 Å². The minimum Gasteiger partial charge on any atom is -0.316 e. The maximum atomic E-state index is 3.47. The molecular formula is C11H16BrNS. The fourth-order valence-corrected chi connectivity index (χ4v) is 2.62. The van der Waals surface area contributed by atoms with Gasteiger partial charge in [0.1, 0.15) is 0 Å². The highest BCUT2D eigenvalue weighted by atomic mass is 79.9. The Bertz CT molecular complexity index is 315. The minimum atomic E-state index is 0.600. The first-order valence-electron chi connectivity index (χ1n) is 4.74. The second kappa shape index (κ2) is 5.69. The van der Waals surface area contributed by atoms with Crippen LogP contribution in [0.3, 0.4) is 0 Å². The van der Waals surface area contributed by atoms with Crippen molar-refractivity contribution in [3.8, 4) is 0 Å². The maximum Gasteiger partial charge on any atom is 0.0704 e. The van der Waals surface area contributed by atoms with Crippen LogP contribution in [0.1, 0.15) is 18.7 Å².